The monoisotopic (exact) mass is 1080 g/mol. The normalized spacial score (nSPS) is 14.6. The van der Waals surface area contributed by atoms with Crippen LogP contribution in [0, 0.1) is 0 Å². The zero-order valence-corrected chi connectivity index (χ0v) is 50.8. The van der Waals surface area contributed by atoms with E-state index in [-0.39, 0.29) is 18.9 Å². The van der Waals surface area contributed by atoms with Crippen molar-refractivity contribution in [1.82, 2.24) is 5.32 Å². The van der Waals surface area contributed by atoms with Gasteiger partial charge in [-0.3, -0.25) is 9.36 Å². The lowest BCUT2D eigenvalue weighted by atomic mass is 10.0. The Bertz CT molecular complexity index is 1600. The van der Waals surface area contributed by atoms with Crippen molar-refractivity contribution >= 4 is 13.7 Å². The number of likely N-dealkylation sites (N-methyl/N-ethyl adjacent to an activating group) is 1. The molecule has 0 aromatic rings. The van der Waals surface area contributed by atoms with Crippen LogP contribution in [0.5, 0.6) is 0 Å². The Balaban J connectivity index is 4.28. The summed E-state index contributed by atoms with van der Waals surface area (Å²) in [5.41, 5.74) is 0. The first-order valence-corrected chi connectivity index (χ1v) is 32.7. The number of carbonyl (C=O) groups excluding carboxylic acids is 1. The summed E-state index contributed by atoms with van der Waals surface area (Å²) < 4.78 is 23.3. The minimum Gasteiger partial charge on any atom is -0.756 e. The highest BCUT2D eigenvalue weighted by Gasteiger charge is 2.23. The van der Waals surface area contributed by atoms with Gasteiger partial charge in [0.25, 0.3) is 7.82 Å². The Kier molecular flexibility index (Phi) is 54.7. The maximum atomic E-state index is 13.0. The molecule has 0 spiro atoms. The third-order valence-electron chi connectivity index (χ3n) is 13.5. The summed E-state index contributed by atoms with van der Waals surface area (Å²) in [6.07, 6.45) is 83.5. The number of hydrogen-bond acceptors (Lipinski definition) is 6. The highest BCUT2D eigenvalue weighted by molar-refractivity contribution is 7.45. The van der Waals surface area contributed by atoms with Gasteiger partial charge in [-0.15, -0.1) is 0 Å². The van der Waals surface area contributed by atoms with Crippen molar-refractivity contribution in [2.45, 2.75) is 270 Å². The molecule has 0 fully saturated rings. The van der Waals surface area contributed by atoms with Crippen LogP contribution in [0.4, 0.5) is 0 Å². The molecule has 2 N–H and O–H groups in total. The highest BCUT2D eigenvalue weighted by atomic mass is 31.2. The molecule has 76 heavy (non-hydrogen) atoms. The fraction of sp³-hybridized carbons (Fsp3) is 0.716. The molecule has 1 amide bonds. The lowest BCUT2D eigenvalue weighted by molar-refractivity contribution is -0.870. The third-order valence-corrected chi connectivity index (χ3v) is 14.4. The molecule has 0 aliphatic heterocycles. The summed E-state index contributed by atoms with van der Waals surface area (Å²) in [6, 6.07) is -0.944. The van der Waals surface area contributed by atoms with E-state index in [1.54, 1.807) is 6.08 Å². The Morgan fingerprint density at radius 1 is 0.474 bits per heavy atom. The Labute approximate surface area is 470 Å². The van der Waals surface area contributed by atoms with Gasteiger partial charge in [-0.05, 0) is 83.5 Å². The van der Waals surface area contributed by atoms with E-state index >= 15 is 0 Å². The predicted octanol–water partition coefficient (Wildman–Crippen LogP) is 18.9. The van der Waals surface area contributed by atoms with E-state index in [2.05, 4.69) is 116 Å². The van der Waals surface area contributed by atoms with E-state index in [0.717, 1.165) is 70.6 Å². The lowest BCUT2D eigenvalue weighted by Crippen LogP contribution is -2.45. The standard InChI is InChI=1S/C67H119N2O6P/c1-6-8-10-12-14-16-18-20-22-24-26-28-30-31-32-33-34-35-36-37-39-40-42-44-46-48-50-52-54-56-58-60-66(70)65(64-75-76(72,73)74-63-62-69(3,4)5)68-67(71)61-59-57-55-53-51-49-47-45-43-41-38-29-27-25-23-21-19-17-15-13-11-9-7-2/h9,11,15,17,21,23,27,29,41,43,47,49-50,52-53,55,58,60,65-66,70H,6-8,10,12-14,16,18-20,22,24-26,28,30-40,42,44-46,48,51,54,56-57,59,61-64H2,1-5H3,(H-,68,71,72,73)/b11-9-,17-15-,23-21-,29-27-,43-41-,49-47-,52-50+,55-53-,60-58+. The number of phosphoric acid groups is 1. The Morgan fingerprint density at radius 3 is 1.22 bits per heavy atom. The predicted molar refractivity (Wildman–Crippen MR) is 329 cm³/mol. The van der Waals surface area contributed by atoms with Crippen molar-refractivity contribution in [3.8, 4) is 0 Å². The number of hydrogen-bond donors (Lipinski definition) is 2. The second-order valence-corrected chi connectivity index (χ2v) is 23.4. The molecule has 0 saturated carbocycles. The largest absolute Gasteiger partial charge is 0.756 e. The fourth-order valence-electron chi connectivity index (χ4n) is 8.63. The topological polar surface area (TPSA) is 108 Å². The van der Waals surface area contributed by atoms with E-state index in [9.17, 15) is 19.4 Å². The average Bonchev–Trinajstić information content (AvgIpc) is 3.38. The Morgan fingerprint density at radius 2 is 0.816 bits per heavy atom. The van der Waals surface area contributed by atoms with Gasteiger partial charge < -0.3 is 28.8 Å². The zero-order chi connectivity index (χ0) is 55.6. The summed E-state index contributed by atoms with van der Waals surface area (Å²) in [4.78, 5) is 25.5. The fourth-order valence-corrected chi connectivity index (χ4v) is 9.35. The van der Waals surface area contributed by atoms with Crippen LogP contribution in [0.25, 0.3) is 0 Å². The van der Waals surface area contributed by atoms with Gasteiger partial charge in [0.2, 0.25) is 5.91 Å². The van der Waals surface area contributed by atoms with Crippen LogP contribution in [0.15, 0.2) is 109 Å². The summed E-state index contributed by atoms with van der Waals surface area (Å²) in [6.45, 7) is 4.48. The van der Waals surface area contributed by atoms with Gasteiger partial charge in [-0.1, -0.05) is 277 Å². The first-order chi connectivity index (χ1) is 37.0. The number of carbonyl (C=O) groups is 1. The van der Waals surface area contributed by atoms with Crippen molar-refractivity contribution in [3.05, 3.63) is 109 Å². The van der Waals surface area contributed by atoms with E-state index < -0.39 is 26.6 Å². The molecule has 0 saturated heterocycles. The van der Waals surface area contributed by atoms with Crippen LogP contribution in [-0.4, -0.2) is 68.5 Å². The first kappa shape index (κ1) is 73.2. The van der Waals surface area contributed by atoms with Crippen molar-refractivity contribution in [2.24, 2.45) is 0 Å². The Hall–Kier alpha value is -2.84. The van der Waals surface area contributed by atoms with E-state index in [0.29, 0.717) is 17.4 Å². The number of amides is 1. The minimum atomic E-state index is -4.63. The average molecular weight is 1080 g/mol. The molecule has 0 aliphatic rings. The zero-order valence-electron chi connectivity index (χ0n) is 49.9. The summed E-state index contributed by atoms with van der Waals surface area (Å²) in [5.74, 6) is -0.267. The van der Waals surface area contributed by atoms with Crippen LogP contribution in [-0.2, 0) is 18.4 Å². The van der Waals surface area contributed by atoms with Crippen molar-refractivity contribution in [1.29, 1.82) is 0 Å². The molecule has 0 rings (SSSR count). The summed E-state index contributed by atoms with van der Waals surface area (Å²) >= 11 is 0. The molecule has 0 aromatic carbocycles. The number of aliphatic hydroxyl groups is 1. The van der Waals surface area contributed by atoms with Gasteiger partial charge in [-0.25, -0.2) is 0 Å². The first-order valence-electron chi connectivity index (χ1n) is 31.2. The van der Waals surface area contributed by atoms with Crippen LogP contribution < -0.4 is 10.2 Å². The minimum absolute atomic E-state index is 0.0232. The maximum absolute atomic E-state index is 13.0. The van der Waals surface area contributed by atoms with Crippen molar-refractivity contribution < 1.29 is 32.9 Å². The molecular weight excluding hydrogens is 960 g/mol. The van der Waals surface area contributed by atoms with Crippen LogP contribution in [0.1, 0.15) is 258 Å². The van der Waals surface area contributed by atoms with Crippen molar-refractivity contribution in [3.63, 3.8) is 0 Å². The highest BCUT2D eigenvalue weighted by Crippen LogP contribution is 2.38. The third kappa shape index (κ3) is 58.8. The van der Waals surface area contributed by atoms with Gasteiger partial charge in [-0.2, -0.15) is 0 Å². The molecule has 3 atom stereocenters. The maximum Gasteiger partial charge on any atom is 0.268 e. The second kappa shape index (κ2) is 56.9. The van der Waals surface area contributed by atoms with Crippen LogP contribution in [0.3, 0.4) is 0 Å². The number of aliphatic hydroxyl groups excluding tert-OH is 1. The van der Waals surface area contributed by atoms with Crippen molar-refractivity contribution in [2.75, 3.05) is 40.9 Å². The van der Waals surface area contributed by atoms with Gasteiger partial charge in [0.15, 0.2) is 0 Å². The molecule has 0 radical (unpaired) electrons. The second-order valence-electron chi connectivity index (χ2n) is 22.0. The molecule has 9 heteroatoms. The summed E-state index contributed by atoms with van der Waals surface area (Å²) in [5, 5.41) is 13.8. The molecule has 8 nitrogen and oxygen atoms in total. The van der Waals surface area contributed by atoms with Gasteiger partial charge >= 0.3 is 0 Å². The van der Waals surface area contributed by atoms with Gasteiger partial charge in [0.05, 0.1) is 39.9 Å². The number of allylic oxidation sites excluding steroid dienone is 17. The smallest absolute Gasteiger partial charge is 0.268 e. The van der Waals surface area contributed by atoms with Gasteiger partial charge in [0, 0.05) is 6.42 Å². The van der Waals surface area contributed by atoms with Crippen LogP contribution in [0.2, 0.25) is 0 Å². The number of nitrogens with zero attached hydrogens (tertiary/aromatic N) is 1. The number of unbranched alkanes of at least 4 members (excludes halogenated alkanes) is 27. The van der Waals surface area contributed by atoms with E-state index in [1.165, 1.54) is 161 Å². The number of rotatable bonds is 56. The number of phosphoric ester groups is 1. The number of quaternary nitrogens is 1. The van der Waals surface area contributed by atoms with Gasteiger partial charge in [0.1, 0.15) is 13.2 Å². The van der Waals surface area contributed by atoms with E-state index in [4.69, 9.17) is 9.05 Å². The molecule has 0 bridgehead atoms. The summed E-state index contributed by atoms with van der Waals surface area (Å²) in [7, 11) is 1.19. The molecule has 0 aromatic heterocycles. The number of nitrogens with one attached hydrogen (secondary N) is 1. The molecule has 438 valence electrons. The molecule has 0 heterocycles. The molecule has 3 unspecified atom stereocenters. The quantitative estimate of drug-likeness (QED) is 0.0272. The van der Waals surface area contributed by atoms with E-state index in [1.807, 2.05) is 27.2 Å². The molecular formula is C67H119N2O6P. The SMILES string of the molecule is CC/C=C\C/C=C\C/C=C\C/C=C\C/C=C\C/C=C\C/C=C\CCCC(=O)NC(COP(=O)([O-])OCC[N+](C)(C)C)C(O)/C=C/CC/C=C/CCCCCCCCCCCCCCCCCCCCCCCCCCC. The van der Waals surface area contributed by atoms with Crippen LogP contribution >= 0.6 is 7.82 Å². The lowest BCUT2D eigenvalue weighted by Gasteiger charge is -2.29. The molecule has 0 aliphatic carbocycles.